The third kappa shape index (κ3) is 5.69. The molecule has 3 rings (SSSR count). The maximum Gasteiger partial charge on any atom is 0.321 e. The molecule has 1 N–H and O–H groups in total. The number of amides is 2. The van der Waals surface area contributed by atoms with Crippen LogP contribution >= 0.6 is 0 Å². The maximum absolute atomic E-state index is 13.0. The van der Waals surface area contributed by atoms with Crippen molar-refractivity contribution < 1.29 is 18.7 Å². The fraction of sp³-hybridized carbons (Fsp3) is 0.381. The second kappa shape index (κ2) is 9.37. The van der Waals surface area contributed by atoms with Gasteiger partial charge < -0.3 is 19.7 Å². The summed E-state index contributed by atoms with van der Waals surface area (Å²) in [7, 11) is 1.79. The van der Waals surface area contributed by atoms with E-state index >= 15 is 0 Å². The zero-order chi connectivity index (χ0) is 19.1. The van der Waals surface area contributed by atoms with Crippen molar-refractivity contribution in [1.29, 1.82) is 0 Å². The molecule has 0 unspecified atom stereocenters. The normalized spacial score (nSPS) is 14.6. The number of ether oxygens (including phenoxy) is 2. The Balaban J connectivity index is 1.57. The van der Waals surface area contributed by atoms with Crippen molar-refractivity contribution in [2.75, 3.05) is 32.1 Å². The Morgan fingerprint density at radius 2 is 1.89 bits per heavy atom. The summed E-state index contributed by atoms with van der Waals surface area (Å²) in [6, 6.07) is 12.8. The zero-order valence-electron chi connectivity index (χ0n) is 15.5. The lowest BCUT2D eigenvalue weighted by molar-refractivity contribution is 0.0621. The van der Waals surface area contributed by atoms with Gasteiger partial charge in [-0.25, -0.2) is 9.18 Å². The van der Waals surface area contributed by atoms with Gasteiger partial charge in [0.1, 0.15) is 11.6 Å². The van der Waals surface area contributed by atoms with E-state index in [0.29, 0.717) is 29.6 Å². The number of benzene rings is 2. The van der Waals surface area contributed by atoms with Crippen LogP contribution in [0.1, 0.15) is 19.3 Å². The van der Waals surface area contributed by atoms with Gasteiger partial charge in [0.15, 0.2) is 5.75 Å². The fourth-order valence-corrected chi connectivity index (χ4v) is 3.01. The molecule has 0 aliphatic carbocycles. The summed E-state index contributed by atoms with van der Waals surface area (Å²) in [5, 5.41) is 2.89. The summed E-state index contributed by atoms with van der Waals surface area (Å²) in [5.41, 5.74) is 0.574. The second-order valence-corrected chi connectivity index (χ2v) is 6.75. The molecule has 2 amide bonds. The van der Waals surface area contributed by atoms with Crippen molar-refractivity contribution in [2.45, 2.75) is 19.3 Å². The minimum Gasteiger partial charge on any atom is -0.455 e. The minimum absolute atomic E-state index is 0.183. The topological polar surface area (TPSA) is 50.8 Å². The van der Waals surface area contributed by atoms with E-state index in [1.807, 2.05) is 12.1 Å². The highest BCUT2D eigenvalue weighted by atomic mass is 19.1. The number of halogens is 1. The molecule has 0 saturated carbocycles. The number of carbonyl (C=O) groups excluding carboxylic acids is 1. The molecule has 0 bridgehead atoms. The molecule has 1 fully saturated rings. The summed E-state index contributed by atoms with van der Waals surface area (Å²) in [4.78, 5) is 14.2. The molecule has 0 radical (unpaired) electrons. The van der Waals surface area contributed by atoms with Gasteiger partial charge in [-0.3, -0.25) is 0 Å². The highest BCUT2D eigenvalue weighted by Crippen LogP contribution is 2.29. The van der Waals surface area contributed by atoms with E-state index in [-0.39, 0.29) is 11.8 Å². The molecule has 0 spiro atoms. The van der Waals surface area contributed by atoms with Gasteiger partial charge in [0.25, 0.3) is 0 Å². The average molecular weight is 372 g/mol. The monoisotopic (exact) mass is 372 g/mol. The molecular formula is C21H25FN2O3. The Labute approximate surface area is 159 Å². The Hall–Kier alpha value is -2.60. The van der Waals surface area contributed by atoms with E-state index in [0.717, 1.165) is 32.5 Å². The van der Waals surface area contributed by atoms with E-state index in [1.165, 1.54) is 12.1 Å². The van der Waals surface area contributed by atoms with Gasteiger partial charge in [-0.1, -0.05) is 12.1 Å². The number of urea groups is 1. The highest BCUT2D eigenvalue weighted by molar-refractivity contribution is 5.90. The number of carbonyl (C=O) groups is 1. The Morgan fingerprint density at radius 1 is 1.19 bits per heavy atom. The van der Waals surface area contributed by atoms with Crippen LogP contribution in [0, 0.1) is 11.7 Å². The Bertz CT molecular complexity index is 745. The predicted octanol–water partition coefficient (Wildman–Crippen LogP) is 4.90. The van der Waals surface area contributed by atoms with Gasteiger partial charge in [-0.2, -0.15) is 0 Å². The number of rotatable bonds is 6. The Morgan fingerprint density at radius 3 is 2.63 bits per heavy atom. The summed E-state index contributed by atoms with van der Waals surface area (Å²) >= 11 is 0. The van der Waals surface area contributed by atoms with Gasteiger partial charge in [-0.05, 0) is 61.6 Å². The first kappa shape index (κ1) is 19.2. The standard InChI is InChI=1S/C21H25FN2O3/c1-24(13-10-16-11-14-26-15-12-16)21(25)23-19-4-2-3-5-20(19)27-18-8-6-17(22)7-9-18/h2-9,16H,10-15H2,1H3,(H,23,25). The van der Waals surface area contributed by atoms with Gasteiger partial charge in [0.2, 0.25) is 0 Å². The fourth-order valence-electron chi connectivity index (χ4n) is 3.01. The van der Waals surface area contributed by atoms with Crippen LogP contribution in [0.2, 0.25) is 0 Å². The van der Waals surface area contributed by atoms with Crippen molar-refractivity contribution in [3.8, 4) is 11.5 Å². The molecule has 27 heavy (non-hydrogen) atoms. The number of hydrogen-bond donors (Lipinski definition) is 1. The van der Waals surface area contributed by atoms with Gasteiger partial charge in [-0.15, -0.1) is 0 Å². The van der Waals surface area contributed by atoms with E-state index in [1.54, 1.807) is 36.2 Å². The first-order valence-electron chi connectivity index (χ1n) is 9.24. The second-order valence-electron chi connectivity index (χ2n) is 6.75. The molecule has 1 aliphatic heterocycles. The zero-order valence-corrected chi connectivity index (χ0v) is 15.5. The molecule has 6 heteroatoms. The highest BCUT2D eigenvalue weighted by Gasteiger charge is 2.17. The number of nitrogens with zero attached hydrogens (tertiary/aromatic N) is 1. The van der Waals surface area contributed by atoms with Gasteiger partial charge >= 0.3 is 6.03 Å². The molecule has 1 heterocycles. The van der Waals surface area contributed by atoms with Gasteiger partial charge in [0, 0.05) is 26.8 Å². The molecular weight excluding hydrogens is 347 g/mol. The molecule has 0 aromatic heterocycles. The molecule has 144 valence electrons. The molecule has 2 aromatic carbocycles. The molecule has 0 atom stereocenters. The number of para-hydroxylation sites is 2. The van der Waals surface area contributed by atoms with Crippen molar-refractivity contribution >= 4 is 11.7 Å². The van der Waals surface area contributed by atoms with Crippen LogP contribution < -0.4 is 10.1 Å². The van der Waals surface area contributed by atoms with E-state index in [4.69, 9.17) is 9.47 Å². The first-order valence-corrected chi connectivity index (χ1v) is 9.24. The smallest absolute Gasteiger partial charge is 0.321 e. The van der Waals surface area contributed by atoms with Crippen LogP contribution in [0.5, 0.6) is 11.5 Å². The van der Waals surface area contributed by atoms with Crippen LogP contribution in [0.25, 0.3) is 0 Å². The van der Waals surface area contributed by atoms with Crippen molar-refractivity contribution in [3.63, 3.8) is 0 Å². The lowest BCUT2D eigenvalue weighted by atomic mass is 9.96. The third-order valence-electron chi connectivity index (χ3n) is 4.73. The van der Waals surface area contributed by atoms with Crippen LogP contribution in [0.15, 0.2) is 48.5 Å². The molecule has 1 saturated heterocycles. The van der Waals surface area contributed by atoms with Crippen molar-refractivity contribution in [1.82, 2.24) is 4.90 Å². The van der Waals surface area contributed by atoms with E-state index < -0.39 is 0 Å². The molecule has 5 nitrogen and oxygen atoms in total. The Kier molecular flexibility index (Phi) is 6.65. The molecule has 2 aromatic rings. The summed E-state index contributed by atoms with van der Waals surface area (Å²) in [6.07, 6.45) is 3.09. The number of hydrogen-bond acceptors (Lipinski definition) is 3. The van der Waals surface area contributed by atoms with Crippen molar-refractivity contribution in [2.24, 2.45) is 5.92 Å². The van der Waals surface area contributed by atoms with E-state index in [9.17, 15) is 9.18 Å². The lowest BCUT2D eigenvalue weighted by Crippen LogP contribution is -2.33. The summed E-state index contributed by atoms with van der Waals surface area (Å²) in [5.74, 6) is 1.31. The largest absolute Gasteiger partial charge is 0.455 e. The van der Waals surface area contributed by atoms with E-state index in [2.05, 4.69) is 5.32 Å². The first-order chi connectivity index (χ1) is 13.1. The maximum atomic E-state index is 13.0. The number of anilines is 1. The molecule has 1 aliphatic rings. The predicted molar refractivity (Wildman–Crippen MR) is 103 cm³/mol. The van der Waals surface area contributed by atoms with Crippen molar-refractivity contribution in [3.05, 3.63) is 54.3 Å². The van der Waals surface area contributed by atoms with Crippen LogP contribution in [0.3, 0.4) is 0 Å². The summed E-state index contributed by atoms with van der Waals surface area (Å²) < 4.78 is 24.2. The number of nitrogens with one attached hydrogen (secondary N) is 1. The van der Waals surface area contributed by atoms with Crippen LogP contribution in [-0.4, -0.2) is 37.7 Å². The lowest BCUT2D eigenvalue weighted by Gasteiger charge is -2.25. The third-order valence-corrected chi connectivity index (χ3v) is 4.73. The quantitative estimate of drug-likeness (QED) is 0.785. The summed E-state index contributed by atoms with van der Waals surface area (Å²) in [6.45, 7) is 2.32. The van der Waals surface area contributed by atoms with Gasteiger partial charge in [0.05, 0.1) is 5.69 Å². The van der Waals surface area contributed by atoms with Crippen LogP contribution in [-0.2, 0) is 4.74 Å². The SMILES string of the molecule is CN(CCC1CCOCC1)C(=O)Nc1ccccc1Oc1ccc(F)cc1. The van der Waals surface area contributed by atoms with Crippen LogP contribution in [0.4, 0.5) is 14.9 Å². The average Bonchev–Trinajstić information content (AvgIpc) is 2.70. The minimum atomic E-state index is -0.324.